The molecule has 386 valence electrons. The van der Waals surface area contributed by atoms with E-state index in [1.807, 2.05) is 0 Å². The molecule has 0 aliphatic carbocycles. The molecule has 0 heterocycles. The summed E-state index contributed by atoms with van der Waals surface area (Å²) in [7, 11) is 0. The zero-order valence-electron chi connectivity index (χ0n) is 44.2. The van der Waals surface area contributed by atoms with Crippen LogP contribution in [0.4, 0.5) is 0 Å². The van der Waals surface area contributed by atoms with Gasteiger partial charge in [0, 0.05) is 19.3 Å². The number of esters is 3. The van der Waals surface area contributed by atoms with E-state index in [9.17, 15) is 14.4 Å². The van der Waals surface area contributed by atoms with Gasteiger partial charge in [-0.1, -0.05) is 222 Å². The van der Waals surface area contributed by atoms with Gasteiger partial charge in [0.15, 0.2) is 6.10 Å². The maximum absolute atomic E-state index is 12.8. The Morgan fingerprint density at radius 1 is 0.299 bits per heavy atom. The first-order valence-corrected chi connectivity index (χ1v) is 28.4. The van der Waals surface area contributed by atoms with Crippen LogP contribution < -0.4 is 0 Å². The summed E-state index contributed by atoms with van der Waals surface area (Å²) in [5.74, 6) is -0.956. The van der Waals surface area contributed by atoms with Crippen molar-refractivity contribution in [3.05, 3.63) is 72.9 Å². The predicted octanol–water partition coefficient (Wildman–Crippen LogP) is 19.0. The van der Waals surface area contributed by atoms with E-state index in [2.05, 4.69) is 93.7 Å². The number of carbonyl (C=O) groups excluding carboxylic acids is 3. The molecule has 0 aliphatic rings. The van der Waals surface area contributed by atoms with Gasteiger partial charge in [-0.3, -0.25) is 14.4 Å². The van der Waals surface area contributed by atoms with Gasteiger partial charge in [0.05, 0.1) is 0 Å². The van der Waals surface area contributed by atoms with Crippen molar-refractivity contribution >= 4 is 17.9 Å². The number of hydrogen-bond donors (Lipinski definition) is 0. The standard InChI is InChI=1S/C61H106O6/c1-4-7-10-13-16-19-22-25-28-30-33-35-38-41-44-47-50-53-59(62)65-56-58(67-61(64)55-52-49-46-43-40-37-32-27-24-21-18-15-12-9-6-3)57-66-60(63)54-51-48-45-42-39-36-34-31-29-26-23-20-17-14-11-8-5-2/h16,19,21,24-26,28-29,33,35,41,44,58H,4-15,17-18,20,22-23,27,30-32,34,36-40,42-43,45-57H2,1-3H3/b19-16-,24-21-,28-25-,29-26-,35-33-,44-41-/t58-/m1/s1. The van der Waals surface area contributed by atoms with Gasteiger partial charge in [0.1, 0.15) is 13.2 Å². The van der Waals surface area contributed by atoms with Crippen molar-refractivity contribution in [1.82, 2.24) is 0 Å². The van der Waals surface area contributed by atoms with Crippen LogP contribution in [0.15, 0.2) is 72.9 Å². The molecule has 0 saturated carbocycles. The molecule has 0 spiro atoms. The fraction of sp³-hybridized carbons (Fsp3) is 0.754. The van der Waals surface area contributed by atoms with Gasteiger partial charge in [0.2, 0.25) is 0 Å². The lowest BCUT2D eigenvalue weighted by molar-refractivity contribution is -0.167. The largest absolute Gasteiger partial charge is 0.462 e. The molecule has 6 nitrogen and oxygen atoms in total. The van der Waals surface area contributed by atoms with E-state index in [1.54, 1.807) is 0 Å². The highest BCUT2D eigenvalue weighted by atomic mass is 16.6. The first-order chi connectivity index (χ1) is 33.0. The topological polar surface area (TPSA) is 78.9 Å². The van der Waals surface area contributed by atoms with Crippen LogP contribution >= 0.6 is 0 Å². The molecule has 0 aromatic carbocycles. The minimum atomic E-state index is -0.801. The van der Waals surface area contributed by atoms with Gasteiger partial charge in [-0.25, -0.2) is 0 Å². The fourth-order valence-corrected chi connectivity index (χ4v) is 7.84. The fourth-order valence-electron chi connectivity index (χ4n) is 7.84. The van der Waals surface area contributed by atoms with Gasteiger partial charge < -0.3 is 14.2 Å². The van der Waals surface area contributed by atoms with E-state index >= 15 is 0 Å². The maximum Gasteiger partial charge on any atom is 0.306 e. The monoisotopic (exact) mass is 935 g/mol. The molecule has 0 saturated heterocycles. The quantitative estimate of drug-likeness (QED) is 0.0262. The molecular weight excluding hydrogens is 829 g/mol. The molecule has 0 aromatic rings. The number of ether oxygens (including phenoxy) is 3. The van der Waals surface area contributed by atoms with Crippen molar-refractivity contribution < 1.29 is 28.6 Å². The molecule has 0 unspecified atom stereocenters. The highest BCUT2D eigenvalue weighted by Crippen LogP contribution is 2.14. The maximum atomic E-state index is 12.8. The molecule has 1 atom stereocenters. The second kappa shape index (κ2) is 55.4. The minimum absolute atomic E-state index is 0.0957. The van der Waals surface area contributed by atoms with Crippen LogP contribution in [0, 0.1) is 0 Å². The zero-order chi connectivity index (χ0) is 48.6. The normalized spacial score (nSPS) is 12.6. The molecule has 0 fully saturated rings. The Bertz CT molecular complexity index is 1260. The lowest BCUT2D eigenvalue weighted by atomic mass is 10.1. The van der Waals surface area contributed by atoms with E-state index in [-0.39, 0.29) is 37.5 Å². The molecule has 0 aliphatic heterocycles. The third-order valence-corrected chi connectivity index (χ3v) is 12.2. The summed E-state index contributed by atoms with van der Waals surface area (Å²) in [4.78, 5) is 38.1. The van der Waals surface area contributed by atoms with Crippen LogP contribution in [0.3, 0.4) is 0 Å². The summed E-state index contributed by atoms with van der Waals surface area (Å²) in [6, 6.07) is 0. The van der Waals surface area contributed by atoms with Crippen molar-refractivity contribution in [1.29, 1.82) is 0 Å². The van der Waals surface area contributed by atoms with E-state index in [0.717, 1.165) is 64.2 Å². The molecular formula is C61H106O6. The van der Waals surface area contributed by atoms with E-state index in [4.69, 9.17) is 14.2 Å². The van der Waals surface area contributed by atoms with Crippen LogP contribution in [-0.2, 0) is 28.6 Å². The van der Waals surface area contributed by atoms with Crippen molar-refractivity contribution in [2.45, 2.75) is 284 Å². The molecule has 0 radical (unpaired) electrons. The van der Waals surface area contributed by atoms with Gasteiger partial charge in [-0.2, -0.15) is 0 Å². The molecule has 0 N–H and O–H groups in total. The molecule has 0 bridgehead atoms. The minimum Gasteiger partial charge on any atom is -0.462 e. The number of unbranched alkanes of at least 4 members (excludes halogenated alkanes) is 28. The Kier molecular flexibility index (Phi) is 52.8. The number of allylic oxidation sites excluding steroid dienone is 12. The van der Waals surface area contributed by atoms with Gasteiger partial charge in [-0.05, 0) is 109 Å². The summed E-state index contributed by atoms with van der Waals surface area (Å²) >= 11 is 0. The number of rotatable bonds is 51. The first-order valence-electron chi connectivity index (χ1n) is 28.4. The Balaban J connectivity index is 4.46. The Hall–Kier alpha value is -3.15. The highest BCUT2D eigenvalue weighted by Gasteiger charge is 2.19. The van der Waals surface area contributed by atoms with Crippen LogP contribution in [0.2, 0.25) is 0 Å². The van der Waals surface area contributed by atoms with Gasteiger partial charge >= 0.3 is 17.9 Å². The summed E-state index contributed by atoms with van der Waals surface area (Å²) < 4.78 is 16.8. The van der Waals surface area contributed by atoms with E-state index in [0.29, 0.717) is 19.3 Å². The summed E-state index contributed by atoms with van der Waals surface area (Å²) in [6.45, 7) is 6.56. The Morgan fingerprint density at radius 3 is 0.955 bits per heavy atom. The Morgan fingerprint density at radius 2 is 0.552 bits per heavy atom. The third-order valence-electron chi connectivity index (χ3n) is 12.2. The van der Waals surface area contributed by atoms with Gasteiger partial charge in [-0.15, -0.1) is 0 Å². The lowest BCUT2D eigenvalue weighted by Gasteiger charge is -2.18. The van der Waals surface area contributed by atoms with Gasteiger partial charge in [0.25, 0.3) is 0 Å². The van der Waals surface area contributed by atoms with Crippen molar-refractivity contribution in [3.63, 3.8) is 0 Å². The molecule has 0 aromatic heterocycles. The van der Waals surface area contributed by atoms with Crippen LogP contribution in [0.1, 0.15) is 278 Å². The van der Waals surface area contributed by atoms with Crippen molar-refractivity contribution in [2.24, 2.45) is 0 Å². The third kappa shape index (κ3) is 53.7. The summed E-state index contributed by atoms with van der Waals surface area (Å²) in [5, 5.41) is 0. The molecule has 67 heavy (non-hydrogen) atoms. The van der Waals surface area contributed by atoms with Crippen LogP contribution in [-0.4, -0.2) is 37.2 Å². The average Bonchev–Trinajstić information content (AvgIpc) is 3.33. The lowest BCUT2D eigenvalue weighted by Crippen LogP contribution is -2.30. The first kappa shape index (κ1) is 63.8. The number of hydrogen-bond acceptors (Lipinski definition) is 6. The highest BCUT2D eigenvalue weighted by molar-refractivity contribution is 5.71. The van der Waals surface area contributed by atoms with Crippen LogP contribution in [0.5, 0.6) is 0 Å². The predicted molar refractivity (Wildman–Crippen MR) is 288 cm³/mol. The second-order valence-electron chi connectivity index (χ2n) is 18.8. The Labute approximate surface area is 414 Å². The SMILES string of the molecule is CCCCC/C=C\C/C=C\C/C=C\C/C=C\CCCC(=O)OC[C@H](COC(=O)CCCCCCCCC/C=C\CCCCCCCC)OC(=O)CCCCCCCCC/C=C\CCCCCC. The van der Waals surface area contributed by atoms with Crippen molar-refractivity contribution in [3.8, 4) is 0 Å². The van der Waals surface area contributed by atoms with E-state index in [1.165, 1.54) is 167 Å². The second-order valence-corrected chi connectivity index (χ2v) is 18.8. The summed E-state index contributed by atoms with van der Waals surface area (Å²) in [5.41, 5.74) is 0. The number of carbonyl (C=O) groups is 3. The average molecular weight is 936 g/mol. The van der Waals surface area contributed by atoms with Crippen molar-refractivity contribution in [2.75, 3.05) is 13.2 Å². The smallest absolute Gasteiger partial charge is 0.306 e. The zero-order valence-corrected chi connectivity index (χ0v) is 44.2. The molecule has 0 rings (SSSR count). The molecule has 6 heteroatoms. The summed E-state index contributed by atoms with van der Waals surface area (Å²) in [6.07, 6.45) is 70.3. The van der Waals surface area contributed by atoms with E-state index < -0.39 is 6.10 Å². The molecule has 0 amide bonds. The van der Waals surface area contributed by atoms with Crippen LogP contribution in [0.25, 0.3) is 0 Å².